The second-order valence-electron chi connectivity index (χ2n) is 6.01. The van der Waals surface area contributed by atoms with Crippen molar-refractivity contribution in [2.75, 3.05) is 24.6 Å². The van der Waals surface area contributed by atoms with Gasteiger partial charge in [-0.25, -0.2) is 8.42 Å². The molecule has 3 rings (SSSR count). The smallest absolute Gasteiger partial charge is 0.268 e. The van der Waals surface area contributed by atoms with Gasteiger partial charge in [-0.15, -0.1) is 0 Å². The van der Waals surface area contributed by atoms with Crippen molar-refractivity contribution in [2.24, 2.45) is 0 Å². The molecule has 1 unspecified atom stereocenters. The van der Waals surface area contributed by atoms with Gasteiger partial charge in [0.15, 0.2) is 0 Å². The van der Waals surface area contributed by atoms with Crippen LogP contribution in [0, 0.1) is 0 Å². The number of aromatic nitrogens is 1. The Morgan fingerprint density at radius 1 is 1.27 bits per heavy atom. The maximum atomic E-state index is 12.7. The number of rotatable bonds is 5. The van der Waals surface area contributed by atoms with Crippen LogP contribution in [0.1, 0.15) is 29.0 Å². The Morgan fingerprint density at radius 3 is 2.58 bits per heavy atom. The number of amides is 1. The Balaban J connectivity index is 1.70. The van der Waals surface area contributed by atoms with Crippen LogP contribution in [0.25, 0.3) is 0 Å². The van der Waals surface area contributed by atoms with Crippen molar-refractivity contribution >= 4 is 39.3 Å². The van der Waals surface area contributed by atoms with E-state index in [1.807, 2.05) is 19.1 Å². The fourth-order valence-corrected chi connectivity index (χ4v) is 5.40. The number of H-pyrrole nitrogens is 1. The Morgan fingerprint density at radius 2 is 1.92 bits per heavy atom. The molecular weight excluding hydrogens is 394 g/mol. The molecule has 1 atom stereocenters. The zero-order valence-electron chi connectivity index (χ0n) is 14.2. The Hall–Kier alpha value is -1.48. The van der Waals surface area contributed by atoms with Crippen molar-refractivity contribution in [2.45, 2.75) is 17.9 Å². The van der Waals surface area contributed by atoms with E-state index in [9.17, 15) is 13.2 Å². The Bertz CT molecular complexity index is 875. The highest BCUT2D eigenvalue weighted by atomic mass is 35.5. The van der Waals surface area contributed by atoms with Gasteiger partial charge in [-0.05, 0) is 30.7 Å². The van der Waals surface area contributed by atoms with E-state index in [0.717, 1.165) is 17.1 Å². The minimum absolute atomic E-state index is 0.119. The van der Waals surface area contributed by atoms with E-state index in [4.69, 9.17) is 11.6 Å². The van der Waals surface area contributed by atoms with E-state index in [2.05, 4.69) is 10.3 Å². The first kappa shape index (κ1) is 19.3. The first-order chi connectivity index (χ1) is 12.4. The molecule has 1 saturated heterocycles. The van der Waals surface area contributed by atoms with Crippen LogP contribution in [0.15, 0.2) is 41.4 Å². The number of nitrogens with zero attached hydrogens (tertiary/aromatic N) is 1. The van der Waals surface area contributed by atoms with Crippen molar-refractivity contribution < 1.29 is 13.2 Å². The van der Waals surface area contributed by atoms with Gasteiger partial charge in [0.2, 0.25) is 10.0 Å². The highest BCUT2D eigenvalue weighted by Crippen LogP contribution is 2.21. The fraction of sp³-hybridized carbons (Fsp3) is 0.353. The molecule has 1 aliphatic rings. The third kappa shape index (κ3) is 4.25. The number of thioether (sulfide) groups is 1. The summed E-state index contributed by atoms with van der Waals surface area (Å²) in [6, 6.07) is 8.35. The van der Waals surface area contributed by atoms with Crippen LogP contribution in [0.2, 0.25) is 5.02 Å². The van der Waals surface area contributed by atoms with E-state index in [1.54, 1.807) is 23.9 Å². The van der Waals surface area contributed by atoms with Gasteiger partial charge in [-0.1, -0.05) is 23.7 Å². The number of nitrogens with one attached hydrogen (secondary N) is 2. The van der Waals surface area contributed by atoms with E-state index in [0.29, 0.717) is 18.1 Å². The number of sulfonamides is 1. The maximum Gasteiger partial charge on any atom is 0.268 e. The average molecular weight is 414 g/mol. The molecule has 6 nitrogen and oxygen atoms in total. The summed E-state index contributed by atoms with van der Waals surface area (Å²) in [5.41, 5.74) is 1.13. The molecule has 0 bridgehead atoms. The maximum absolute atomic E-state index is 12.7. The summed E-state index contributed by atoms with van der Waals surface area (Å²) in [6.45, 7) is 2.84. The van der Waals surface area contributed by atoms with Gasteiger partial charge in [-0.2, -0.15) is 16.1 Å². The molecule has 26 heavy (non-hydrogen) atoms. The molecule has 1 aromatic carbocycles. The standard InChI is InChI=1S/C17H20ClN3O3S2/c1-12(13-2-4-14(18)5-3-13)20-17(22)16-10-15(11-19-16)26(23,24)21-6-8-25-9-7-21/h2-5,10-12,19H,6-9H2,1H3,(H,20,22). The Kier molecular flexibility index (Phi) is 5.96. The topological polar surface area (TPSA) is 82.3 Å². The van der Waals surface area contributed by atoms with E-state index < -0.39 is 10.0 Å². The van der Waals surface area contributed by atoms with Gasteiger partial charge in [0.1, 0.15) is 10.6 Å². The molecule has 1 aliphatic heterocycles. The Labute approximate surface area is 162 Å². The summed E-state index contributed by atoms with van der Waals surface area (Å²) in [5.74, 6) is 1.22. The van der Waals surface area contributed by atoms with Gasteiger partial charge in [-0.3, -0.25) is 4.79 Å². The van der Waals surface area contributed by atoms with Crippen LogP contribution in [0.4, 0.5) is 0 Å². The molecule has 2 aromatic rings. The van der Waals surface area contributed by atoms with Crippen LogP contribution in [0.5, 0.6) is 0 Å². The van der Waals surface area contributed by atoms with Crippen LogP contribution in [-0.2, 0) is 10.0 Å². The highest BCUT2D eigenvalue weighted by molar-refractivity contribution is 7.99. The molecule has 9 heteroatoms. The normalized spacial score (nSPS) is 17.0. The number of benzene rings is 1. The predicted octanol–water partition coefficient (Wildman–Crippen LogP) is 2.90. The lowest BCUT2D eigenvalue weighted by atomic mass is 10.1. The second kappa shape index (κ2) is 8.04. The van der Waals surface area contributed by atoms with Crippen molar-refractivity contribution in [3.63, 3.8) is 0 Å². The zero-order chi connectivity index (χ0) is 18.7. The van der Waals surface area contributed by atoms with Crippen LogP contribution < -0.4 is 5.32 Å². The third-order valence-corrected chi connectivity index (χ3v) is 7.30. The van der Waals surface area contributed by atoms with Gasteiger partial charge >= 0.3 is 0 Å². The predicted molar refractivity (Wildman–Crippen MR) is 104 cm³/mol. The quantitative estimate of drug-likeness (QED) is 0.789. The lowest BCUT2D eigenvalue weighted by molar-refractivity contribution is 0.0935. The lowest BCUT2D eigenvalue weighted by Gasteiger charge is -2.24. The number of halogens is 1. The summed E-state index contributed by atoms with van der Waals surface area (Å²) in [6.07, 6.45) is 1.37. The molecule has 0 saturated carbocycles. The largest absolute Gasteiger partial charge is 0.356 e. The monoisotopic (exact) mass is 413 g/mol. The lowest BCUT2D eigenvalue weighted by Crippen LogP contribution is -2.37. The SMILES string of the molecule is CC(NC(=O)c1cc(S(=O)(=O)N2CCSCC2)c[nH]1)c1ccc(Cl)cc1. The van der Waals surface area contributed by atoms with Crippen molar-refractivity contribution in [1.29, 1.82) is 0 Å². The molecule has 140 valence electrons. The van der Waals surface area contributed by atoms with Gasteiger partial charge < -0.3 is 10.3 Å². The molecule has 0 radical (unpaired) electrons. The molecule has 2 N–H and O–H groups in total. The van der Waals surface area contributed by atoms with Gasteiger partial charge in [0.25, 0.3) is 5.91 Å². The number of carbonyl (C=O) groups excluding carboxylic acids is 1. The molecule has 2 heterocycles. The molecule has 0 spiro atoms. The van der Waals surface area contributed by atoms with Gasteiger partial charge in [0.05, 0.1) is 6.04 Å². The van der Waals surface area contributed by atoms with E-state index in [-0.39, 0.29) is 22.5 Å². The van der Waals surface area contributed by atoms with Gasteiger partial charge in [0, 0.05) is 35.8 Å². The first-order valence-corrected chi connectivity index (χ1v) is 11.2. The van der Waals surface area contributed by atoms with Crippen molar-refractivity contribution in [3.8, 4) is 0 Å². The van der Waals surface area contributed by atoms with Crippen molar-refractivity contribution in [1.82, 2.24) is 14.6 Å². The molecule has 0 aliphatic carbocycles. The van der Waals surface area contributed by atoms with E-state index >= 15 is 0 Å². The summed E-state index contributed by atoms with van der Waals surface area (Å²) in [5, 5.41) is 3.48. The van der Waals surface area contributed by atoms with Crippen LogP contribution in [-0.4, -0.2) is 48.2 Å². The minimum atomic E-state index is -3.57. The second-order valence-corrected chi connectivity index (χ2v) is 9.61. The number of hydrogen-bond acceptors (Lipinski definition) is 4. The molecule has 1 fully saturated rings. The first-order valence-electron chi connectivity index (χ1n) is 8.20. The number of hydrogen-bond donors (Lipinski definition) is 2. The molecular formula is C17H20ClN3O3S2. The van der Waals surface area contributed by atoms with Crippen molar-refractivity contribution in [3.05, 3.63) is 52.8 Å². The van der Waals surface area contributed by atoms with E-state index in [1.165, 1.54) is 16.6 Å². The highest BCUT2D eigenvalue weighted by Gasteiger charge is 2.28. The number of carbonyl (C=O) groups is 1. The molecule has 1 aromatic heterocycles. The molecule has 1 amide bonds. The number of aromatic amines is 1. The summed E-state index contributed by atoms with van der Waals surface area (Å²) in [4.78, 5) is 15.3. The summed E-state index contributed by atoms with van der Waals surface area (Å²) < 4.78 is 26.8. The summed E-state index contributed by atoms with van der Waals surface area (Å²) >= 11 is 7.61. The van der Waals surface area contributed by atoms with Crippen LogP contribution in [0.3, 0.4) is 0 Å². The average Bonchev–Trinajstić information content (AvgIpc) is 3.14. The zero-order valence-corrected chi connectivity index (χ0v) is 16.6. The summed E-state index contributed by atoms with van der Waals surface area (Å²) in [7, 11) is -3.57. The third-order valence-electron chi connectivity index (χ3n) is 4.23. The fourth-order valence-electron chi connectivity index (χ4n) is 2.70. The van der Waals surface area contributed by atoms with Crippen LogP contribution >= 0.6 is 23.4 Å². The minimum Gasteiger partial charge on any atom is -0.356 e.